The number of aromatic nitrogens is 2. The molecule has 1 N–H and O–H groups in total. The summed E-state index contributed by atoms with van der Waals surface area (Å²) >= 11 is 0. The van der Waals surface area contributed by atoms with Crippen molar-refractivity contribution in [1.29, 1.82) is 0 Å². The molecule has 2 aromatic rings. The average molecular weight is 247 g/mol. The number of hydrogen-bond acceptors (Lipinski definition) is 2. The van der Waals surface area contributed by atoms with Crippen LogP contribution < -0.4 is 5.32 Å². The third-order valence-corrected chi connectivity index (χ3v) is 3.31. The van der Waals surface area contributed by atoms with Crippen LogP contribution in [-0.4, -0.2) is 9.78 Å². The maximum Gasteiger partial charge on any atom is 0.149 e. The second kappa shape index (κ2) is 4.80. The van der Waals surface area contributed by atoms with Gasteiger partial charge in [-0.15, -0.1) is 0 Å². The molecular weight excluding hydrogens is 229 g/mol. The van der Waals surface area contributed by atoms with Crippen molar-refractivity contribution in [2.75, 3.05) is 5.32 Å². The van der Waals surface area contributed by atoms with Gasteiger partial charge >= 0.3 is 0 Å². The molecule has 1 aromatic carbocycles. The SMILES string of the molecule is Cc1cccc(NCc2c(C)nn(C)c2C)c1F. The standard InChI is InChI=1S/C14H18FN3/c1-9-6-5-7-13(14(9)15)16-8-12-10(2)17-18(4)11(12)3/h5-7,16H,8H2,1-4H3. The highest BCUT2D eigenvalue weighted by molar-refractivity contribution is 5.48. The van der Waals surface area contributed by atoms with Crippen molar-refractivity contribution in [1.82, 2.24) is 9.78 Å². The van der Waals surface area contributed by atoms with Gasteiger partial charge in [0.15, 0.2) is 0 Å². The predicted octanol–water partition coefficient (Wildman–Crippen LogP) is 3.10. The van der Waals surface area contributed by atoms with E-state index in [4.69, 9.17) is 0 Å². The Morgan fingerprint density at radius 2 is 2.00 bits per heavy atom. The first-order valence-corrected chi connectivity index (χ1v) is 5.98. The van der Waals surface area contributed by atoms with Gasteiger partial charge in [0.2, 0.25) is 0 Å². The van der Waals surface area contributed by atoms with Crippen molar-refractivity contribution < 1.29 is 4.39 Å². The summed E-state index contributed by atoms with van der Waals surface area (Å²) in [6.45, 7) is 6.34. The highest BCUT2D eigenvalue weighted by Gasteiger charge is 2.10. The monoisotopic (exact) mass is 247 g/mol. The lowest BCUT2D eigenvalue weighted by atomic mass is 10.1. The molecule has 0 unspecified atom stereocenters. The number of nitrogens with one attached hydrogen (secondary N) is 1. The minimum absolute atomic E-state index is 0.184. The van der Waals surface area contributed by atoms with E-state index >= 15 is 0 Å². The number of benzene rings is 1. The van der Waals surface area contributed by atoms with E-state index in [9.17, 15) is 4.39 Å². The molecule has 0 amide bonds. The number of rotatable bonds is 3. The van der Waals surface area contributed by atoms with Crippen LogP contribution in [0.4, 0.5) is 10.1 Å². The lowest BCUT2D eigenvalue weighted by Gasteiger charge is -2.09. The summed E-state index contributed by atoms with van der Waals surface area (Å²) in [7, 11) is 1.92. The summed E-state index contributed by atoms with van der Waals surface area (Å²) in [5.74, 6) is -0.184. The summed E-state index contributed by atoms with van der Waals surface area (Å²) in [6, 6.07) is 5.37. The minimum atomic E-state index is -0.184. The Kier molecular flexibility index (Phi) is 3.36. The molecule has 0 fully saturated rings. The molecule has 1 heterocycles. The molecule has 2 rings (SSSR count). The van der Waals surface area contributed by atoms with Crippen molar-refractivity contribution in [3.63, 3.8) is 0 Å². The lowest BCUT2D eigenvalue weighted by molar-refractivity contribution is 0.621. The number of halogens is 1. The fourth-order valence-electron chi connectivity index (χ4n) is 2.04. The van der Waals surface area contributed by atoms with E-state index in [1.165, 1.54) is 0 Å². The van der Waals surface area contributed by atoms with E-state index in [2.05, 4.69) is 10.4 Å². The molecule has 0 aliphatic heterocycles. The van der Waals surface area contributed by atoms with Gasteiger partial charge in [0.25, 0.3) is 0 Å². The summed E-state index contributed by atoms with van der Waals surface area (Å²) in [5.41, 5.74) is 4.40. The van der Waals surface area contributed by atoms with Crippen LogP contribution in [0.2, 0.25) is 0 Å². The van der Waals surface area contributed by atoms with Crippen molar-refractivity contribution >= 4 is 5.69 Å². The molecular formula is C14H18FN3. The van der Waals surface area contributed by atoms with E-state index in [-0.39, 0.29) is 5.82 Å². The number of aryl methyl sites for hydroxylation is 3. The topological polar surface area (TPSA) is 29.9 Å². The van der Waals surface area contributed by atoms with Gasteiger partial charge in [0, 0.05) is 24.8 Å². The van der Waals surface area contributed by atoms with Crippen LogP contribution in [0.1, 0.15) is 22.5 Å². The van der Waals surface area contributed by atoms with Crippen LogP contribution in [0.25, 0.3) is 0 Å². The van der Waals surface area contributed by atoms with Crippen LogP contribution in [0.5, 0.6) is 0 Å². The largest absolute Gasteiger partial charge is 0.378 e. The molecule has 4 heteroatoms. The third-order valence-electron chi connectivity index (χ3n) is 3.31. The smallest absolute Gasteiger partial charge is 0.149 e. The van der Waals surface area contributed by atoms with Gasteiger partial charge in [-0.1, -0.05) is 12.1 Å². The summed E-state index contributed by atoms with van der Waals surface area (Å²) < 4.78 is 15.7. The second-order valence-electron chi connectivity index (χ2n) is 4.56. The van der Waals surface area contributed by atoms with Crippen molar-refractivity contribution in [3.8, 4) is 0 Å². The van der Waals surface area contributed by atoms with Gasteiger partial charge in [-0.25, -0.2) is 4.39 Å². The molecule has 0 saturated heterocycles. The van der Waals surface area contributed by atoms with E-state index in [1.54, 1.807) is 19.1 Å². The number of anilines is 1. The molecule has 0 aliphatic carbocycles. The number of hydrogen-bond donors (Lipinski definition) is 1. The van der Waals surface area contributed by atoms with Gasteiger partial charge < -0.3 is 5.32 Å². The van der Waals surface area contributed by atoms with Gasteiger partial charge in [-0.2, -0.15) is 5.10 Å². The maximum absolute atomic E-state index is 13.8. The first kappa shape index (κ1) is 12.6. The quantitative estimate of drug-likeness (QED) is 0.903. The van der Waals surface area contributed by atoms with Crippen molar-refractivity contribution in [2.45, 2.75) is 27.3 Å². The first-order valence-electron chi connectivity index (χ1n) is 5.98. The molecule has 0 bridgehead atoms. The van der Waals surface area contributed by atoms with Gasteiger partial charge in [0.05, 0.1) is 11.4 Å². The van der Waals surface area contributed by atoms with E-state index in [1.807, 2.05) is 31.6 Å². The molecule has 1 aromatic heterocycles. The van der Waals surface area contributed by atoms with E-state index < -0.39 is 0 Å². The van der Waals surface area contributed by atoms with Gasteiger partial charge in [-0.3, -0.25) is 4.68 Å². The molecule has 3 nitrogen and oxygen atoms in total. The Balaban J connectivity index is 2.19. The van der Waals surface area contributed by atoms with Gasteiger partial charge in [0.1, 0.15) is 5.82 Å². The third kappa shape index (κ3) is 2.23. The summed E-state index contributed by atoms with van der Waals surface area (Å²) in [5, 5.41) is 7.48. The maximum atomic E-state index is 13.8. The minimum Gasteiger partial charge on any atom is -0.378 e. The molecule has 0 aliphatic rings. The Hall–Kier alpha value is -1.84. The first-order chi connectivity index (χ1) is 8.50. The highest BCUT2D eigenvalue weighted by atomic mass is 19.1. The Morgan fingerprint density at radius 1 is 1.28 bits per heavy atom. The Bertz CT molecular complexity index is 573. The number of nitrogens with zero attached hydrogens (tertiary/aromatic N) is 2. The fourth-order valence-corrected chi connectivity index (χ4v) is 2.04. The van der Waals surface area contributed by atoms with Crippen LogP contribution in [0.3, 0.4) is 0 Å². The average Bonchev–Trinajstić information content (AvgIpc) is 2.56. The molecule has 0 spiro atoms. The fraction of sp³-hybridized carbons (Fsp3) is 0.357. The van der Waals surface area contributed by atoms with Crippen molar-refractivity contribution in [2.24, 2.45) is 7.05 Å². The molecule has 0 saturated carbocycles. The Labute approximate surface area is 107 Å². The van der Waals surface area contributed by atoms with Crippen molar-refractivity contribution in [3.05, 3.63) is 46.5 Å². The van der Waals surface area contributed by atoms with Crippen LogP contribution in [0.15, 0.2) is 18.2 Å². The molecule has 18 heavy (non-hydrogen) atoms. The van der Waals surface area contributed by atoms with Crippen LogP contribution in [-0.2, 0) is 13.6 Å². The van der Waals surface area contributed by atoms with Crippen LogP contribution >= 0.6 is 0 Å². The zero-order valence-corrected chi connectivity index (χ0v) is 11.2. The van der Waals surface area contributed by atoms with Gasteiger partial charge in [-0.05, 0) is 32.4 Å². The van der Waals surface area contributed by atoms with E-state index in [0.717, 1.165) is 17.0 Å². The zero-order valence-electron chi connectivity index (χ0n) is 11.2. The summed E-state index contributed by atoms with van der Waals surface area (Å²) in [4.78, 5) is 0. The zero-order chi connectivity index (χ0) is 13.3. The highest BCUT2D eigenvalue weighted by Crippen LogP contribution is 2.19. The molecule has 0 radical (unpaired) electrons. The Morgan fingerprint density at radius 3 is 2.61 bits per heavy atom. The van der Waals surface area contributed by atoms with Crippen LogP contribution in [0, 0.1) is 26.6 Å². The predicted molar refractivity (Wildman–Crippen MR) is 71.1 cm³/mol. The lowest BCUT2D eigenvalue weighted by Crippen LogP contribution is -2.04. The normalized spacial score (nSPS) is 10.7. The summed E-state index contributed by atoms with van der Waals surface area (Å²) in [6.07, 6.45) is 0. The molecule has 96 valence electrons. The second-order valence-corrected chi connectivity index (χ2v) is 4.56. The molecule has 0 atom stereocenters. The van der Waals surface area contributed by atoms with E-state index in [0.29, 0.717) is 17.8 Å².